The maximum absolute atomic E-state index is 13.2. The Kier molecular flexibility index (Phi) is 7.24. The third-order valence-electron chi connectivity index (χ3n) is 7.41. The molecule has 3 saturated heterocycles. The number of rotatable bonds is 2. The molecule has 3 aliphatic rings. The fraction of sp³-hybridized carbons (Fsp3) is 0.455. The summed E-state index contributed by atoms with van der Waals surface area (Å²) in [6, 6.07) is 3.23. The third kappa shape index (κ3) is 5.08. The Morgan fingerprint density at radius 2 is 1.68 bits per heavy atom. The topological polar surface area (TPSA) is 284 Å². The van der Waals surface area contributed by atoms with Crippen molar-refractivity contribution in [3.05, 3.63) is 37.2 Å². The van der Waals surface area contributed by atoms with Crippen molar-refractivity contribution in [1.29, 1.82) is 0 Å². The third-order valence-corrected chi connectivity index (χ3v) is 9.44. The smallest absolute Gasteiger partial charge is 0.398 e. The van der Waals surface area contributed by atoms with Crippen LogP contribution in [0.15, 0.2) is 37.2 Å². The molecule has 4 aromatic heterocycles. The molecule has 0 aliphatic carbocycles. The highest BCUT2D eigenvalue weighted by atomic mass is 31.2. The minimum Gasteiger partial charge on any atom is -0.398 e. The Morgan fingerprint density at radius 1 is 0.909 bits per heavy atom. The van der Waals surface area contributed by atoms with Gasteiger partial charge in [-0.1, -0.05) is 0 Å². The Hall–Kier alpha value is -3.10. The van der Waals surface area contributed by atoms with Gasteiger partial charge in [-0.15, -0.1) is 0 Å². The molecule has 0 saturated carbocycles. The number of aliphatic hydroxyl groups is 2. The molecule has 0 radical (unpaired) electrons. The van der Waals surface area contributed by atoms with Gasteiger partial charge in [0, 0.05) is 23.5 Å². The number of hydrogen-bond acceptors (Lipinski definition) is 16. The molecular weight excluding hydrogens is 630 g/mol. The highest BCUT2D eigenvalue weighted by Gasteiger charge is 2.54. The van der Waals surface area contributed by atoms with E-state index in [1.54, 1.807) is 12.1 Å². The van der Waals surface area contributed by atoms with Crippen LogP contribution in [0.1, 0.15) is 12.5 Å². The van der Waals surface area contributed by atoms with Gasteiger partial charge in [-0.2, -0.15) is 0 Å². The number of aromatic nitrogens is 6. The van der Waals surface area contributed by atoms with E-state index in [1.165, 1.54) is 27.9 Å². The largest absolute Gasteiger partial charge is 0.472 e. The van der Waals surface area contributed by atoms with E-state index in [2.05, 4.69) is 19.9 Å². The summed E-state index contributed by atoms with van der Waals surface area (Å²) in [6.07, 6.45) is -7.82. The number of imidazole rings is 1. The summed E-state index contributed by atoms with van der Waals surface area (Å²) >= 11 is 0. The van der Waals surface area contributed by atoms with Crippen molar-refractivity contribution in [2.75, 3.05) is 24.4 Å². The zero-order valence-electron chi connectivity index (χ0n) is 22.3. The van der Waals surface area contributed by atoms with Gasteiger partial charge in [0.15, 0.2) is 42.7 Å². The van der Waals surface area contributed by atoms with Crippen LogP contribution in [0, 0.1) is 0 Å². The van der Waals surface area contributed by atoms with E-state index in [4.69, 9.17) is 39.2 Å². The molecule has 4 unspecified atom stereocenters. The van der Waals surface area contributed by atoms with E-state index in [9.17, 15) is 29.1 Å². The van der Waals surface area contributed by atoms with Gasteiger partial charge in [0.1, 0.15) is 41.9 Å². The molecule has 7 heterocycles. The summed E-state index contributed by atoms with van der Waals surface area (Å²) in [5, 5.41) is 22.8. The molecule has 3 fully saturated rings. The fourth-order valence-corrected chi connectivity index (χ4v) is 7.35. The van der Waals surface area contributed by atoms with E-state index in [0.717, 1.165) is 6.33 Å². The van der Waals surface area contributed by atoms with Crippen molar-refractivity contribution in [3.63, 3.8) is 0 Å². The number of nitrogens with two attached hydrogens (primary N) is 2. The number of nitrogen functional groups attached to an aromatic ring is 2. The van der Waals surface area contributed by atoms with Crippen LogP contribution in [0.4, 0.5) is 11.5 Å². The van der Waals surface area contributed by atoms with E-state index in [1.807, 2.05) is 0 Å². The standard InChI is InChI=1S/C22H26N8O12P2/c23-10-1-3-25-18-9(10)2-4-29(18)20-13(31)15-11(39-20)5-38-44(35,36)42-16-14(32)21(40-22(16)37-8-43(33,34)41-15)30-7-28-12-17(24)26-6-27-19(12)30/h1-4,6-7,11,13-16,20-22,31-32H,5,8H2,(H2,23,25)(H,33,34)(H,35,36)(H2,24,26,27)/t11-,13?,14?,15+,16-,20-,21-,22+/m1/s1. The molecule has 8 N–H and O–H groups in total. The van der Waals surface area contributed by atoms with E-state index >= 15 is 0 Å². The lowest BCUT2D eigenvalue weighted by molar-refractivity contribution is -0.168. The van der Waals surface area contributed by atoms with Crippen molar-refractivity contribution >= 4 is 49.1 Å². The predicted molar refractivity (Wildman–Crippen MR) is 145 cm³/mol. The summed E-state index contributed by atoms with van der Waals surface area (Å²) < 4.78 is 61.9. The number of aliphatic hydroxyl groups excluding tert-OH is 2. The van der Waals surface area contributed by atoms with Gasteiger partial charge >= 0.3 is 15.4 Å². The first kappa shape index (κ1) is 29.6. The van der Waals surface area contributed by atoms with Gasteiger partial charge in [0.25, 0.3) is 0 Å². The van der Waals surface area contributed by atoms with Gasteiger partial charge < -0.3 is 50.2 Å². The number of ether oxygens (including phenoxy) is 3. The maximum Gasteiger partial charge on any atom is 0.472 e. The van der Waals surface area contributed by atoms with E-state index in [-0.39, 0.29) is 17.0 Å². The van der Waals surface area contributed by atoms with E-state index in [0.29, 0.717) is 16.7 Å². The summed E-state index contributed by atoms with van der Waals surface area (Å²) in [7, 11) is -9.71. The molecule has 3 aliphatic heterocycles. The molecule has 22 heteroatoms. The Morgan fingerprint density at radius 3 is 2.50 bits per heavy atom. The Bertz CT molecular complexity index is 1690. The number of phosphoric acid groups is 1. The lowest BCUT2D eigenvalue weighted by Crippen LogP contribution is -2.38. The zero-order valence-corrected chi connectivity index (χ0v) is 24.1. The first-order chi connectivity index (χ1) is 20.9. The monoisotopic (exact) mass is 656 g/mol. The van der Waals surface area contributed by atoms with Crippen LogP contribution >= 0.6 is 15.4 Å². The normalized spacial score (nSPS) is 38.3. The van der Waals surface area contributed by atoms with Gasteiger partial charge in [0.2, 0.25) is 0 Å². The highest BCUT2D eigenvalue weighted by molar-refractivity contribution is 7.52. The lowest BCUT2D eigenvalue weighted by atomic mass is 10.1. The fourth-order valence-electron chi connectivity index (χ4n) is 5.39. The van der Waals surface area contributed by atoms with Crippen molar-refractivity contribution < 1.29 is 56.9 Å². The molecule has 236 valence electrons. The minimum absolute atomic E-state index is 0.0504. The SMILES string of the molecule is Nc1ccnc2c1ccn2[C@@H]1O[C@@H]2COP(=O)(O)O[C@@H]3C(O)[C@H](n4cnc5c(N)ncnc54)O[C@@H]3OCP(=O)(O)O[C@@H]2C1O. The number of nitrogens with zero attached hydrogens (tertiary/aromatic N) is 6. The number of phosphoric ester groups is 1. The maximum atomic E-state index is 13.2. The van der Waals surface area contributed by atoms with Crippen molar-refractivity contribution in [1.82, 2.24) is 29.1 Å². The number of hydrogen-bond donors (Lipinski definition) is 6. The van der Waals surface area contributed by atoms with Gasteiger partial charge in [-0.05, 0) is 12.1 Å². The number of fused-ring (bicyclic) bond motifs is 4. The summed E-state index contributed by atoms with van der Waals surface area (Å²) in [6.45, 7) is -0.734. The van der Waals surface area contributed by atoms with Crippen molar-refractivity contribution in [3.8, 4) is 0 Å². The Labute approximate surface area is 246 Å². The quantitative estimate of drug-likeness (QED) is 0.149. The lowest BCUT2D eigenvalue weighted by Gasteiger charge is -2.28. The average molecular weight is 656 g/mol. The first-order valence-electron chi connectivity index (χ1n) is 13.0. The number of anilines is 2. The first-order valence-corrected chi connectivity index (χ1v) is 16.3. The molecule has 44 heavy (non-hydrogen) atoms. The average Bonchev–Trinajstić information content (AvgIpc) is 3.73. The molecular formula is C22H26N8O12P2. The van der Waals surface area contributed by atoms with Crippen LogP contribution in [0.25, 0.3) is 22.2 Å². The molecule has 0 aromatic carbocycles. The van der Waals surface area contributed by atoms with Crippen LogP contribution in [0.5, 0.6) is 0 Å². The Balaban J connectivity index is 1.17. The molecule has 7 rings (SSSR count). The number of pyridine rings is 1. The van der Waals surface area contributed by atoms with E-state index < -0.39 is 77.6 Å². The second kappa shape index (κ2) is 10.8. The minimum atomic E-state index is -5.01. The van der Waals surface area contributed by atoms with Crippen LogP contribution in [0.2, 0.25) is 0 Å². The second-order valence-electron chi connectivity index (χ2n) is 10.2. The summed E-state index contributed by atoms with van der Waals surface area (Å²) in [5.41, 5.74) is 12.9. The molecule has 4 aromatic rings. The van der Waals surface area contributed by atoms with Crippen LogP contribution in [-0.2, 0) is 36.9 Å². The van der Waals surface area contributed by atoms with Gasteiger partial charge in [0.05, 0.1) is 12.9 Å². The molecule has 0 amide bonds. The molecule has 20 nitrogen and oxygen atoms in total. The summed E-state index contributed by atoms with van der Waals surface area (Å²) in [5.74, 6) is 0.0504. The second-order valence-corrected chi connectivity index (χ2v) is 13.4. The molecule has 10 atom stereocenters. The molecule has 0 spiro atoms. The zero-order chi connectivity index (χ0) is 31.0. The van der Waals surface area contributed by atoms with Crippen LogP contribution < -0.4 is 11.5 Å². The van der Waals surface area contributed by atoms with Crippen LogP contribution in [-0.4, -0.2) is 98.8 Å². The van der Waals surface area contributed by atoms with Gasteiger partial charge in [-0.3, -0.25) is 22.7 Å². The predicted octanol–water partition coefficient (Wildman–Crippen LogP) is -0.425. The van der Waals surface area contributed by atoms with Crippen molar-refractivity contribution in [2.24, 2.45) is 0 Å². The highest BCUT2D eigenvalue weighted by Crippen LogP contribution is 2.53. The van der Waals surface area contributed by atoms with Crippen molar-refractivity contribution in [2.45, 2.75) is 49.3 Å². The van der Waals surface area contributed by atoms with Crippen LogP contribution in [0.3, 0.4) is 0 Å². The summed E-state index contributed by atoms with van der Waals surface area (Å²) in [4.78, 5) is 37.6. The van der Waals surface area contributed by atoms with Gasteiger partial charge in [-0.25, -0.2) is 24.5 Å². The molecule has 0 bridgehead atoms.